The van der Waals surface area contributed by atoms with E-state index in [1.165, 1.54) is 6.07 Å². The molecule has 1 saturated heterocycles. The van der Waals surface area contributed by atoms with Crippen LogP contribution in [0.4, 0.5) is 11.4 Å². The molecule has 2 rings (SSSR count). The zero-order valence-electron chi connectivity index (χ0n) is 10.9. The first-order valence-corrected chi connectivity index (χ1v) is 6.28. The number of hydrogen-bond acceptors (Lipinski definition) is 5. The highest BCUT2D eigenvalue weighted by molar-refractivity contribution is 5.64. The number of nitrogens with zero attached hydrogens (tertiary/aromatic N) is 1. The number of benzene rings is 1. The van der Waals surface area contributed by atoms with Gasteiger partial charge in [0.2, 0.25) is 0 Å². The maximum atomic E-state index is 11.0. The number of nitro benzene ring substituents is 1. The van der Waals surface area contributed by atoms with Gasteiger partial charge >= 0.3 is 0 Å². The van der Waals surface area contributed by atoms with Gasteiger partial charge in [0.15, 0.2) is 0 Å². The second-order valence-corrected chi connectivity index (χ2v) is 4.95. The Bertz CT molecular complexity index is 470. The van der Waals surface area contributed by atoms with Crippen molar-refractivity contribution in [3.8, 4) is 0 Å². The average Bonchev–Trinajstić information content (AvgIpc) is 2.39. The number of aryl methyl sites for hydroxylation is 1. The summed E-state index contributed by atoms with van der Waals surface area (Å²) in [4.78, 5) is 10.6. The van der Waals surface area contributed by atoms with E-state index in [1.807, 2.05) is 6.92 Å². The SMILES string of the molecule is Cc1ccc([N+](=O)[O-])c(NC2(CO)CCOCC2)c1. The van der Waals surface area contributed by atoms with Crippen molar-refractivity contribution in [1.29, 1.82) is 0 Å². The maximum absolute atomic E-state index is 11.0. The van der Waals surface area contributed by atoms with Gasteiger partial charge in [-0.25, -0.2) is 0 Å². The van der Waals surface area contributed by atoms with Gasteiger partial charge in [0.05, 0.1) is 17.1 Å². The molecule has 0 spiro atoms. The summed E-state index contributed by atoms with van der Waals surface area (Å²) in [7, 11) is 0. The smallest absolute Gasteiger partial charge is 0.292 e. The van der Waals surface area contributed by atoms with Crippen LogP contribution in [0, 0.1) is 17.0 Å². The van der Waals surface area contributed by atoms with Crippen LogP contribution in [0.1, 0.15) is 18.4 Å². The summed E-state index contributed by atoms with van der Waals surface area (Å²) in [6, 6.07) is 4.94. The highest BCUT2D eigenvalue weighted by Gasteiger charge is 2.33. The zero-order valence-corrected chi connectivity index (χ0v) is 10.9. The monoisotopic (exact) mass is 266 g/mol. The minimum absolute atomic E-state index is 0.0323. The highest BCUT2D eigenvalue weighted by Crippen LogP contribution is 2.32. The predicted molar refractivity (Wildman–Crippen MR) is 71.3 cm³/mol. The lowest BCUT2D eigenvalue weighted by Gasteiger charge is -2.37. The van der Waals surface area contributed by atoms with Gasteiger partial charge in [-0.15, -0.1) is 0 Å². The Kier molecular flexibility index (Phi) is 4.01. The Morgan fingerprint density at radius 3 is 2.74 bits per heavy atom. The van der Waals surface area contributed by atoms with E-state index in [9.17, 15) is 15.2 Å². The van der Waals surface area contributed by atoms with Gasteiger partial charge in [0.25, 0.3) is 5.69 Å². The molecule has 0 saturated carbocycles. The first-order valence-electron chi connectivity index (χ1n) is 6.28. The highest BCUT2D eigenvalue weighted by atomic mass is 16.6. The molecular weight excluding hydrogens is 248 g/mol. The standard InChI is InChI=1S/C13H18N2O4/c1-10-2-3-12(15(17)18)11(8-10)14-13(9-16)4-6-19-7-5-13/h2-3,8,14,16H,4-7,9H2,1H3. The summed E-state index contributed by atoms with van der Waals surface area (Å²) in [5.74, 6) is 0. The minimum Gasteiger partial charge on any atom is -0.394 e. The Hall–Kier alpha value is -1.66. The number of nitro groups is 1. The van der Waals surface area contributed by atoms with Gasteiger partial charge in [-0.2, -0.15) is 0 Å². The van der Waals surface area contributed by atoms with Crippen LogP contribution < -0.4 is 5.32 Å². The predicted octanol–water partition coefficient (Wildman–Crippen LogP) is 1.86. The van der Waals surface area contributed by atoms with E-state index in [0.717, 1.165) is 5.56 Å². The van der Waals surface area contributed by atoms with Crippen LogP contribution in [0.5, 0.6) is 0 Å². The fourth-order valence-electron chi connectivity index (χ4n) is 2.28. The summed E-state index contributed by atoms with van der Waals surface area (Å²) in [5, 5.41) is 23.8. The Balaban J connectivity index is 2.30. The van der Waals surface area contributed by atoms with Crippen LogP contribution in [0.25, 0.3) is 0 Å². The summed E-state index contributed by atoms with van der Waals surface area (Å²) in [6.07, 6.45) is 1.27. The molecule has 0 unspecified atom stereocenters. The molecule has 6 nitrogen and oxygen atoms in total. The molecule has 0 atom stereocenters. The fraction of sp³-hybridized carbons (Fsp3) is 0.538. The summed E-state index contributed by atoms with van der Waals surface area (Å²) in [5.41, 5.74) is 0.899. The largest absolute Gasteiger partial charge is 0.394 e. The van der Waals surface area contributed by atoms with Crippen LogP contribution in [0.3, 0.4) is 0 Å². The second kappa shape index (κ2) is 5.54. The van der Waals surface area contributed by atoms with Crippen molar-refractivity contribution in [1.82, 2.24) is 0 Å². The maximum Gasteiger partial charge on any atom is 0.292 e. The van der Waals surface area contributed by atoms with E-state index < -0.39 is 10.5 Å². The lowest BCUT2D eigenvalue weighted by atomic mass is 9.90. The lowest BCUT2D eigenvalue weighted by Crippen LogP contribution is -2.47. The van der Waals surface area contributed by atoms with Gasteiger partial charge < -0.3 is 15.2 Å². The first-order chi connectivity index (χ1) is 9.06. The Labute approximate surface area is 111 Å². The van der Waals surface area contributed by atoms with E-state index in [1.54, 1.807) is 12.1 Å². The minimum atomic E-state index is -0.531. The lowest BCUT2D eigenvalue weighted by molar-refractivity contribution is -0.384. The molecule has 104 valence electrons. The quantitative estimate of drug-likeness (QED) is 0.641. The zero-order chi connectivity index (χ0) is 13.9. The molecule has 0 aromatic heterocycles. The van der Waals surface area contributed by atoms with Gasteiger partial charge in [-0.05, 0) is 31.4 Å². The van der Waals surface area contributed by atoms with Crippen molar-refractivity contribution in [3.05, 3.63) is 33.9 Å². The summed E-state index contributed by atoms with van der Waals surface area (Å²) in [6.45, 7) is 2.91. The molecule has 0 amide bonds. The number of anilines is 1. The number of rotatable bonds is 4. The Morgan fingerprint density at radius 2 is 2.16 bits per heavy atom. The number of ether oxygens (including phenoxy) is 1. The number of nitrogens with one attached hydrogen (secondary N) is 1. The first kappa shape index (κ1) is 13.8. The molecule has 19 heavy (non-hydrogen) atoms. The van der Waals surface area contributed by atoms with Gasteiger partial charge in [-0.1, -0.05) is 6.07 Å². The van der Waals surface area contributed by atoms with Crippen molar-refractivity contribution in [3.63, 3.8) is 0 Å². The van der Waals surface area contributed by atoms with Crippen molar-refractivity contribution in [2.75, 3.05) is 25.1 Å². The summed E-state index contributed by atoms with van der Waals surface area (Å²) < 4.78 is 5.28. The van der Waals surface area contributed by atoms with E-state index >= 15 is 0 Å². The molecule has 1 aliphatic heterocycles. The van der Waals surface area contributed by atoms with Crippen molar-refractivity contribution < 1.29 is 14.8 Å². The second-order valence-electron chi connectivity index (χ2n) is 4.95. The Morgan fingerprint density at radius 1 is 1.47 bits per heavy atom. The molecule has 2 N–H and O–H groups in total. The third-order valence-corrected chi connectivity index (χ3v) is 3.50. The number of aliphatic hydroxyl groups excluding tert-OH is 1. The average molecular weight is 266 g/mol. The topological polar surface area (TPSA) is 84.6 Å². The van der Waals surface area contributed by atoms with E-state index in [2.05, 4.69) is 5.32 Å². The molecular formula is C13H18N2O4. The van der Waals surface area contributed by atoms with Gasteiger partial charge in [-0.3, -0.25) is 10.1 Å². The van der Waals surface area contributed by atoms with Crippen molar-refractivity contribution in [2.45, 2.75) is 25.3 Å². The van der Waals surface area contributed by atoms with Crippen molar-refractivity contribution >= 4 is 11.4 Å². The van der Waals surface area contributed by atoms with Gasteiger partial charge in [0.1, 0.15) is 5.69 Å². The van der Waals surface area contributed by atoms with Crippen molar-refractivity contribution in [2.24, 2.45) is 0 Å². The van der Waals surface area contributed by atoms with Crippen LogP contribution in [0.2, 0.25) is 0 Å². The van der Waals surface area contributed by atoms with E-state index in [0.29, 0.717) is 31.7 Å². The molecule has 0 radical (unpaired) electrons. The van der Waals surface area contributed by atoms with Crippen LogP contribution in [0.15, 0.2) is 18.2 Å². The molecule has 6 heteroatoms. The van der Waals surface area contributed by atoms with E-state index in [4.69, 9.17) is 4.74 Å². The molecule has 1 aromatic carbocycles. The van der Waals surface area contributed by atoms with E-state index in [-0.39, 0.29) is 12.3 Å². The third-order valence-electron chi connectivity index (χ3n) is 3.50. The number of aliphatic hydroxyl groups is 1. The number of hydrogen-bond donors (Lipinski definition) is 2. The molecule has 0 aliphatic carbocycles. The molecule has 0 bridgehead atoms. The van der Waals surface area contributed by atoms with Crippen LogP contribution in [-0.4, -0.2) is 35.4 Å². The normalized spacial score (nSPS) is 18.0. The third kappa shape index (κ3) is 3.02. The molecule has 1 aromatic rings. The fourth-order valence-corrected chi connectivity index (χ4v) is 2.28. The molecule has 1 aliphatic rings. The van der Waals surface area contributed by atoms with Crippen LogP contribution >= 0.6 is 0 Å². The van der Waals surface area contributed by atoms with Gasteiger partial charge in [0, 0.05) is 19.3 Å². The molecule has 1 fully saturated rings. The molecule has 1 heterocycles. The summed E-state index contributed by atoms with van der Waals surface area (Å²) >= 11 is 0. The van der Waals surface area contributed by atoms with Crippen LogP contribution in [-0.2, 0) is 4.74 Å².